The van der Waals surface area contributed by atoms with Gasteiger partial charge in [0.25, 0.3) is 6.43 Å². The number of aromatic nitrogens is 2. The molecule has 2 aromatic rings. The van der Waals surface area contributed by atoms with E-state index in [0.29, 0.717) is 22.8 Å². The molecule has 1 aromatic carbocycles. The van der Waals surface area contributed by atoms with E-state index in [4.69, 9.17) is 10.5 Å². The number of alkyl halides is 2. The van der Waals surface area contributed by atoms with Crippen molar-refractivity contribution in [2.45, 2.75) is 6.43 Å². The Bertz CT molecular complexity index is 525. The highest BCUT2D eigenvalue weighted by atomic mass is 19.3. The van der Waals surface area contributed by atoms with Crippen LogP contribution in [0.25, 0.3) is 11.3 Å². The molecule has 0 bridgehead atoms. The Morgan fingerprint density at radius 3 is 2.65 bits per heavy atom. The number of hydrogen-bond acceptors (Lipinski definition) is 3. The molecule has 0 aliphatic carbocycles. The molecule has 2 rings (SSSR count). The summed E-state index contributed by atoms with van der Waals surface area (Å²) in [4.78, 5) is 0. The van der Waals surface area contributed by atoms with Crippen LogP contribution in [0.5, 0.6) is 5.75 Å². The smallest absolute Gasteiger partial charge is 0.263 e. The monoisotopic (exact) mass is 239 g/mol. The maximum atomic E-state index is 12.5. The van der Waals surface area contributed by atoms with Gasteiger partial charge in [-0.05, 0) is 12.1 Å². The lowest BCUT2D eigenvalue weighted by Crippen LogP contribution is -1.92. The van der Waals surface area contributed by atoms with E-state index in [1.165, 1.54) is 19.2 Å². The molecule has 17 heavy (non-hydrogen) atoms. The normalized spacial score (nSPS) is 10.8. The van der Waals surface area contributed by atoms with E-state index in [0.717, 1.165) is 0 Å². The number of nitrogens with two attached hydrogens (primary N) is 1. The Morgan fingerprint density at radius 1 is 1.35 bits per heavy atom. The molecule has 0 aliphatic rings. The lowest BCUT2D eigenvalue weighted by Gasteiger charge is -2.08. The first-order valence-corrected chi connectivity index (χ1v) is 4.89. The zero-order valence-corrected chi connectivity index (χ0v) is 9.08. The van der Waals surface area contributed by atoms with Gasteiger partial charge in [0, 0.05) is 17.2 Å². The average Bonchev–Trinajstić information content (AvgIpc) is 2.74. The number of halogens is 2. The van der Waals surface area contributed by atoms with Crippen molar-refractivity contribution in [1.29, 1.82) is 0 Å². The topological polar surface area (TPSA) is 63.9 Å². The zero-order valence-electron chi connectivity index (χ0n) is 9.08. The van der Waals surface area contributed by atoms with Gasteiger partial charge in [0.05, 0.1) is 12.8 Å². The summed E-state index contributed by atoms with van der Waals surface area (Å²) in [5.41, 5.74) is 6.66. The molecule has 0 unspecified atom stereocenters. The zero-order chi connectivity index (χ0) is 12.4. The molecule has 0 radical (unpaired) electrons. The first kappa shape index (κ1) is 11.4. The van der Waals surface area contributed by atoms with E-state index in [1.807, 2.05) is 0 Å². The van der Waals surface area contributed by atoms with E-state index < -0.39 is 6.43 Å². The molecule has 0 saturated heterocycles. The van der Waals surface area contributed by atoms with Crippen molar-refractivity contribution in [1.82, 2.24) is 10.2 Å². The Kier molecular flexibility index (Phi) is 2.95. The van der Waals surface area contributed by atoms with Gasteiger partial charge in [-0.1, -0.05) is 6.07 Å². The molecular formula is C11H11F2N3O. The number of ether oxygens (including phenoxy) is 1. The van der Waals surface area contributed by atoms with Crippen LogP contribution < -0.4 is 10.5 Å². The van der Waals surface area contributed by atoms with E-state index in [9.17, 15) is 8.78 Å². The Labute approximate surface area is 96.4 Å². The van der Waals surface area contributed by atoms with Crippen LogP contribution in [0.4, 0.5) is 14.6 Å². The van der Waals surface area contributed by atoms with Crippen LogP contribution in [0.2, 0.25) is 0 Å². The van der Waals surface area contributed by atoms with Gasteiger partial charge in [-0.3, -0.25) is 5.10 Å². The van der Waals surface area contributed by atoms with Crippen molar-refractivity contribution in [2.75, 3.05) is 12.8 Å². The minimum Gasteiger partial charge on any atom is -0.496 e. The number of methoxy groups -OCH3 is 1. The lowest BCUT2D eigenvalue weighted by atomic mass is 10.1. The number of aromatic amines is 1. The van der Waals surface area contributed by atoms with E-state index in [1.54, 1.807) is 12.1 Å². The van der Waals surface area contributed by atoms with Crippen LogP contribution in [0.1, 0.15) is 12.0 Å². The van der Waals surface area contributed by atoms with Gasteiger partial charge in [0.15, 0.2) is 0 Å². The first-order valence-electron chi connectivity index (χ1n) is 4.89. The average molecular weight is 239 g/mol. The SMILES string of the molecule is COc1cc(C(F)F)ccc1-c1cc(N)n[nH]1. The summed E-state index contributed by atoms with van der Waals surface area (Å²) in [5, 5.41) is 6.48. The Hall–Kier alpha value is -2.11. The van der Waals surface area contributed by atoms with Gasteiger partial charge in [0.2, 0.25) is 0 Å². The van der Waals surface area contributed by atoms with Gasteiger partial charge in [0.1, 0.15) is 11.6 Å². The number of H-pyrrole nitrogens is 1. The number of nitrogen functional groups attached to an aromatic ring is 1. The van der Waals surface area contributed by atoms with Crippen LogP contribution in [0.15, 0.2) is 24.3 Å². The Balaban J connectivity index is 2.48. The van der Waals surface area contributed by atoms with Crippen molar-refractivity contribution in [3.8, 4) is 17.0 Å². The second-order valence-corrected chi connectivity index (χ2v) is 3.47. The van der Waals surface area contributed by atoms with Crippen LogP contribution in [-0.2, 0) is 0 Å². The molecule has 0 aliphatic heterocycles. The third-order valence-electron chi connectivity index (χ3n) is 2.37. The summed E-state index contributed by atoms with van der Waals surface area (Å²) >= 11 is 0. The van der Waals surface area contributed by atoms with Crippen molar-refractivity contribution < 1.29 is 13.5 Å². The summed E-state index contributed by atoms with van der Waals surface area (Å²) in [7, 11) is 1.42. The van der Waals surface area contributed by atoms with Gasteiger partial charge in [-0.2, -0.15) is 5.10 Å². The summed E-state index contributed by atoms with van der Waals surface area (Å²) in [6.07, 6.45) is -2.52. The molecule has 90 valence electrons. The van der Waals surface area contributed by atoms with Crippen LogP contribution >= 0.6 is 0 Å². The summed E-state index contributed by atoms with van der Waals surface area (Å²) < 4.78 is 30.1. The molecule has 3 N–H and O–H groups in total. The van der Waals surface area contributed by atoms with Crippen molar-refractivity contribution in [3.05, 3.63) is 29.8 Å². The van der Waals surface area contributed by atoms with E-state index in [2.05, 4.69) is 10.2 Å². The molecule has 0 atom stereocenters. The van der Waals surface area contributed by atoms with Gasteiger partial charge in [-0.25, -0.2) is 8.78 Å². The summed E-state index contributed by atoms with van der Waals surface area (Å²) in [5.74, 6) is 0.687. The maximum absolute atomic E-state index is 12.5. The molecule has 1 heterocycles. The fraction of sp³-hybridized carbons (Fsp3) is 0.182. The highest BCUT2D eigenvalue weighted by Crippen LogP contribution is 2.33. The third kappa shape index (κ3) is 2.20. The fourth-order valence-electron chi connectivity index (χ4n) is 1.54. The van der Waals surface area contributed by atoms with E-state index in [-0.39, 0.29) is 5.56 Å². The molecule has 0 fully saturated rings. The Morgan fingerprint density at radius 2 is 2.12 bits per heavy atom. The quantitative estimate of drug-likeness (QED) is 0.865. The minimum absolute atomic E-state index is 0.0851. The predicted molar refractivity (Wildman–Crippen MR) is 59.9 cm³/mol. The molecule has 0 amide bonds. The summed E-state index contributed by atoms with van der Waals surface area (Å²) in [6.45, 7) is 0. The predicted octanol–water partition coefficient (Wildman–Crippen LogP) is 2.61. The number of nitrogens with zero attached hydrogens (tertiary/aromatic N) is 1. The van der Waals surface area contributed by atoms with E-state index >= 15 is 0 Å². The number of rotatable bonds is 3. The molecular weight excluding hydrogens is 228 g/mol. The second-order valence-electron chi connectivity index (χ2n) is 3.47. The molecule has 0 saturated carbocycles. The minimum atomic E-state index is -2.52. The highest BCUT2D eigenvalue weighted by molar-refractivity contribution is 5.69. The van der Waals surface area contributed by atoms with Crippen molar-refractivity contribution in [2.24, 2.45) is 0 Å². The lowest BCUT2D eigenvalue weighted by molar-refractivity contribution is 0.151. The first-order chi connectivity index (χ1) is 8.11. The third-order valence-corrected chi connectivity index (χ3v) is 2.37. The number of benzene rings is 1. The molecule has 4 nitrogen and oxygen atoms in total. The number of hydrogen-bond donors (Lipinski definition) is 2. The van der Waals surface area contributed by atoms with Crippen LogP contribution in [0.3, 0.4) is 0 Å². The van der Waals surface area contributed by atoms with Crippen molar-refractivity contribution >= 4 is 5.82 Å². The molecule has 1 aromatic heterocycles. The van der Waals surface area contributed by atoms with Gasteiger partial charge < -0.3 is 10.5 Å². The second kappa shape index (κ2) is 4.40. The highest BCUT2D eigenvalue weighted by Gasteiger charge is 2.13. The number of anilines is 1. The largest absolute Gasteiger partial charge is 0.496 e. The molecule has 0 spiro atoms. The van der Waals surface area contributed by atoms with Crippen LogP contribution in [0, 0.1) is 0 Å². The van der Waals surface area contributed by atoms with Gasteiger partial charge in [-0.15, -0.1) is 0 Å². The van der Waals surface area contributed by atoms with Crippen molar-refractivity contribution in [3.63, 3.8) is 0 Å². The molecule has 6 heteroatoms. The fourth-order valence-corrected chi connectivity index (χ4v) is 1.54. The van der Waals surface area contributed by atoms with Crippen LogP contribution in [-0.4, -0.2) is 17.3 Å². The maximum Gasteiger partial charge on any atom is 0.263 e. The number of nitrogens with one attached hydrogen (secondary N) is 1. The van der Waals surface area contributed by atoms with Gasteiger partial charge >= 0.3 is 0 Å². The standard InChI is InChI=1S/C11H11F2N3O/c1-17-9-4-6(11(12)13)2-3-7(9)8-5-10(14)16-15-8/h2-5,11H,1H3,(H3,14,15,16). The summed E-state index contributed by atoms with van der Waals surface area (Å²) in [6, 6.07) is 5.81.